The molecule has 100 valence electrons. The molecule has 2 rings (SSSR count). The second kappa shape index (κ2) is 6.48. The van der Waals surface area contributed by atoms with Crippen molar-refractivity contribution in [1.82, 2.24) is 0 Å². The van der Waals surface area contributed by atoms with E-state index in [-0.39, 0.29) is 11.9 Å². The molecule has 0 aliphatic carbocycles. The predicted octanol–water partition coefficient (Wildman–Crippen LogP) is 5.36. The molecular formula is C14H11Br3FN. The molecule has 0 heterocycles. The Balaban J connectivity index is 2.27. The van der Waals surface area contributed by atoms with E-state index in [4.69, 9.17) is 5.73 Å². The van der Waals surface area contributed by atoms with Crippen LogP contribution in [-0.2, 0) is 6.42 Å². The first kappa shape index (κ1) is 15.2. The maximum absolute atomic E-state index is 13.3. The normalized spacial score (nSPS) is 12.5. The second-order valence-electron chi connectivity index (χ2n) is 4.21. The Morgan fingerprint density at radius 1 is 1.00 bits per heavy atom. The summed E-state index contributed by atoms with van der Waals surface area (Å²) >= 11 is 10.3. The van der Waals surface area contributed by atoms with Crippen molar-refractivity contribution in [2.24, 2.45) is 5.73 Å². The summed E-state index contributed by atoms with van der Waals surface area (Å²) in [6.45, 7) is 0. The number of halogens is 4. The lowest BCUT2D eigenvalue weighted by atomic mass is 10.00. The lowest BCUT2D eigenvalue weighted by Crippen LogP contribution is -2.14. The molecule has 0 radical (unpaired) electrons. The molecule has 2 aromatic rings. The fourth-order valence-corrected chi connectivity index (χ4v) is 3.17. The van der Waals surface area contributed by atoms with Crippen LogP contribution >= 0.6 is 47.8 Å². The lowest BCUT2D eigenvalue weighted by molar-refractivity contribution is 0.621. The SMILES string of the molecule is NC(Cc1cc(F)ccc1Br)c1cc(Br)ccc1Br. The van der Waals surface area contributed by atoms with Crippen molar-refractivity contribution in [2.75, 3.05) is 0 Å². The van der Waals surface area contributed by atoms with Gasteiger partial charge < -0.3 is 5.73 Å². The first-order chi connectivity index (χ1) is 8.97. The zero-order valence-corrected chi connectivity index (χ0v) is 14.6. The highest BCUT2D eigenvalue weighted by Crippen LogP contribution is 2.29. The van der Waals surface area contributed by atoms with Crippen molar-refractivity contribution in [3.05, 3.63) is 66.8 Å². The molecule has 0 bridgehead atoms. The van der Waals surface area contributed by atoms with E-state index in [2.05, 4.69) is 47.8 Å². The van der Waals surface area contributed by atoms with Crippen LogP contribution in [0.1, 0.15) is 17.2 Å². The van der Waals surface area contributed by atoms with Gasteiger partial charge in [-0.3, -0.25) is 0 Å². The summed E-state index contributed by atoms with van der Waals surface area (Å²) in [5.74, 6) is -0.251. The highest BCUT2D eigenvalue weighted by atomic mass is 79.9. The van der Waals surface area contributed by atoms with Crippen LogP contribution in [0.5, 0.6) is 0 Å². The van der Waals surface area contributed by atoms with Gasteiger partial charge in [-0.25, -0.2) is 4.39 Å². The number of hydrogen-bond donors (Lipinski definition) is 1. The van der Waals surface area contributed by atoms with Crippen LogP contribution in [0, 0.1) is 5.82 Å². The predicted molar refractivity (Wildman–Crippen MR) is 86.6 cm³/mol. The van der Waals surface area contributed by atoms with Gasteiger partial charge in [0.05, 0.1) is 0 Å². The first-order valence-electron chi connectivity index (χ1n) is 5.62. The summed E-state index contributed by atoms with van der Waals surface area (Å²) in [7, 11) is 0. The fraction of sp³-hybridized carbons (Fsp3) is 0.143. The van der Waals surface area contributed by atoms with Gasteiger partial charge in [-0.1, -0.05) is 47.8 Å². The van der Waals surface area contributed by atoms with Crippen molar-refractivity contribution in [3.8, 4) is 0 Å². The summed E-state index contributed by atoms with van der Waals surface area (Å²) in [6.07, 6.45) is 0.563. The average Bonchev–Trinajstić information content (AvgIpc) is 2.36. The molecule has 2 N–H and O–H groups in total. The minimum atomic E-state index is -0.251. The van der Waals surface area contributed by atoms with E-state index < -0.39 is 0 Å². The van der Waals surface area contributed by atoms with E-state index in [1.165, 1.54) is 12.1 Å². The summed E-state index contributed by atoms with van der Waals surface area (Å²) in [5, 5.41) is 0. The molecule has 1 unspecified atom stereocenters. The number of benzene rings is 2. The van der Waals surface area contributed by atoms with E-state index in [1.54, 1.807) is 6.07 Å². The van der Waals surface area contributed by atoms with E-state index in [0.29, 0.717) is 6.42 Å². The van der Waals surface area contributed by atoms with E-state index in [9.17, 15) is 4.39 Å². The van der Waals surface area contributed by atoms with Gasteiger partial charge in [0.15, 0.2) is 0 Å². The quantitative estimate of drug-likeness (QED) is 0.668. The molecule has 2 aromatic carbocycles. The van der Waals surface area contributed by atoms with Crippen LogP contribution in [0.2, 0.25) is 0 Å². The standard InChI is InChI=1S/C14H11Br3FN/c15-9-1-3-13(17)11(7-9)14(19)6-8-5-10(18)2-4-12(8)16/h1-5,7,14H,6,19H2. The van der Waals surface area contributed by atoms with Crippen molar-refractivity contribution in [3.63, 3.8) is 0 Å². The second-order valence-corrected chi connectivity index (χ2v) is 6.84. The number of rotatable bonds is 3. The lowest BCUT2D eigenvalue weighted by Gasteiger charge is -2.15. The van der Waals surface area contributed by atoms with Crippen molar-refractivity contribution in [2.45, 2.75) is 12.5 Å². The van der Waals surface area contributed by atoms with Gasteiger partial charge in [0.1, 0.15) is 5.82 Å². The Morgan fingerprint density at radius 3 is 2.42 bits per heavy atom. The molecule has 0 spiro atoms. The van der Waals surface area contributed by atoms with E-state index in [1.807, 2.05) is 18.2 Å². The Hall–Kier alpha value is -0.230. The van der Waals surface area contributed by atoms with Gasteiger partial charge in [-0.2, -0.15) is 0 Å². The summed E-state index contributed by atoms with van der Waals surface area (Å²) in [6, 6.07) is 10.3. The first-order valence-corrected chi connectivity index (χ1v) is 7.99. The highest BCUT2D eigenvalue weighted by Gasteiger charge is 2.13. The Kier molecular flexibility index (Phi) is 5.17. The maximum atomic E-state index is 13.3. The zero-order chi connectivity index (χ0) is 14.0. The third kappa shape index (κ3) is 3.88. The fourth-order valence-electron chi connectivity index (χ4n) is 1.85. The molecule has 0 saturated carbocycles. The molecule has 1 atom stereocenters. The third-order valence-electron chi connectivity index (χ3n) is 2.81. The Labute approximate surface area is 136 Å². The van der Waals surface area contributed by atoms with Gasteiger partial charge >= 0.3 is 0 Å². The number of nitrogens with two attached hydrogens (primary N) is 1. The molecule has 0 fully saturated rings. The molecule has 0 aromatic heterocycles. The van der Waals surface area contributed by atoms with Gasteiger partial charge in [0.25, 0.3) is 0 Å². The third-order valence-corrected chi connectivity index (χ3v) is 4.79. The van der Waals surface area contributed by atoms with Crippen LogP contribution in [0.4, 0.5) is 4.39 Å². The maximum Gasteiger partial charge on any atom is 0.123 e. The molecule has 1 nitrogen and oxygen atoms in total. The van der Waals surface area contributed by atoms with Crippen LogP contribution in [-0.4, -0.2) is 0 Å². The minimum absolute atomic E-state index is 0.204. The summed E-state index contributed by atoms with van der Waals surface area (Å²) in [4.78, 5) is 0. The molecule has 0 saturated heterocycles. The molecular weight excluding hydrogens is 441 g/mol. The van der Waals surface area contributed by atoms with Crippen LogP contribution in [0.15, 0.2) is 49.8 Å². The zero-order valence-electron chi connectivity index (χ0n) is 9.84. The van der Waals surface area contributed by atoms with Gasteiger partial charge in [0.2, 0.25) is 0 Å². The average molecular weight is 452 g/mol. The minimum Gasteiger partial charge on any atom is -0.324 e. The molecule has 0 amide bonds. The summed E-state index contributed by atoms with van der Waals surface area (Å²) < 4.78 is 16.1. The Bertz CT molecular complexity index is 601. The van der Waals surface area contributed by atoms with Crippen molar-refractivity contribution >= 4 is 47.8 Å². The molecule has 0 aliphatic rings. The van der Waals surface area contributed by atoms with E-state index >= 15 is 0 Å². The van der Waals surface area contributed by atoms with Gasteiger partial charge in [0, 0.05) is 19.5 Å². The van der Waals surface area contributed by atoms with Crippen molar-refractivity contribution < 1.29 is 4.39 Å². The molecule has 0 aliphatic heterocycles. The highest BCUT2D eigenvalue weighted by molar-refractivity contribution is 9.11. The van der Waals surface area contributed by atoms with Crippen LogP contribution < -0.4 is 5.73 Å². The topological polar surface area (TPSA) is 26.0 Å². The smallest absolute Gasteiger partial charge is 0.123 e. The monoisotopic (exact) mass is 449 g/mol. The molecule has 19 heavy (non-hydrogen) atoms. The number of hydrogen-bond acceptors (Lipinski definition) is 1. The van der Waals surface area contributed by atoms with Crippen LogP contribution in [0.3, 0.4) is 0 Å². The van der Waals surface area contributed by atoms with Gasteiger partial charge in [-0.05, 0) is 53.9 Å². The van der Waals surface area contributed by atoms with Crippen molar-refractivity contribution in [1.29, 1.82) is 0 Å². The van der Waals surface area contributed by atoms with Crippen LogP contribution in [0.25, 0.3) is 0 Å². The summed E-state index contributed by atoms with van der Waals surface area (Å²) in [5.41, 5.74) is 8.07. The Morgan fingerprint density at radius 2 is 1.68 bits per heavy atom. The van der Waals surface area contributed by atoms with E-state index in [0.717, 1.165) is 24.5 Å². The molecule has 5 heteroatoms. The van der Waals surface area contributed by atoms with Gasteiger partial charge in [-0.15, -0.1) is 0 Å². The largest absolute Gasteiger partial charge is 0.324 e.